The van der Waals surface area contributed by atoms with Crippen LogP contribution in [0.25, 0.3) is 0 Å². The van der Waals surface area contributed by atoms with E-state index in [4.69, 9.17) is 21.1 Å². The molecular weight excluding hydrogens is 487 g/mol. The van der Waals surface area contributed by atoms with E-state index in [0.717, 1.165) is 24.3 Å². The Morgan fingerprint density at radius 2 is 2.00 bits per heavy atom. The van der Waals surface area contributed by atoms with Crippen molar-refractivity contribution in [2.75, 3.05) is 17.5 Å². The zero-order valence-electron chi connectivity index (χ0n) is 16.8. The summed E-state index contributed by atoms with van der Waals surface area (Å²) < 4.78 is 76.6. The van der Waals surface area contributed by atoms with Gasteiger partial charge >= 0.3 is 18.1 Å². The number of hydrogen-bond donors (Lipinski definition) is 0. The molecule has 1 fully saturated rings. The molecule has 1 atom stereocenters. The van der Waals surface area contributed by atoms with Gasteiger partial charge < -0.3 is 9.47 Å². The van der Waals surface area contributed by atoms with Gasteiger partial charge in [0.2, 0.25) is 6.10 Å². The molecule has 0 aromatic heterocycles. The topological polar surface area (TPSA) is 90.0 Å². The van der Waals surface area contributed by atoms with Crippen molar-refractivity contribution in [1.82, 2.24) is 0 Å². The van der Waals surface area contributed by atoms with E-state index < -0.39 is 44.7 Å². The van der Waals surface area contributed by atoms with Gasteiger partial charge in [0.15, 0.2) is 0 Å². The molecule has 7 nitrogen and oxygen atoms in total. The second-order valence-corrected chi connectivity index (χ2v) is 9.11. The summed E-state index contributed by atoms with van der Waals surface area (Å²) in [7, 11) is -4.54. The highest BCUT2D eigenvalue weighted by Crippen LogP contribution is 2.34. The number of sulfonamides is 1. The summed E-state index contributed by atoms with van der Waals surface area (Å²) in [4.78, 5) is 23.4. The molecule has 0 N–H and O–H groups in total. The second-order valence-electron chi connectivity index (χ2n) is 6.87. The van der Waals surface area contributed by atoms with Gasteiger partial charge in [-0.2, -0.15) is 13.2 Å². The zero-order valence-corrected chi connectivity index (χ0v) is 18.4. The maximum atomic E-state index is 13.4. The lowest BCUT2D eigenvalue weighted by Crippen LogP contribution is -2.32. The summed E-state index contributed by atoms with van der Waals surface area (Å²) in [5, 5.41) is -0.270. The lowest BCUT2D eigenvalue weighted by molar-refractivity contribution is -0.145. The van der Waals surface area contributed by atoms with Crippen LogP contribution < -0.4 is 4.31 Å². The summed E-state index contributed by atoms with van der Waals surface area (Å²) in [5.41, 5.74) is -1.54. The average Bonchev–Trinajstić information content (AvgIpc) is 3.15. The van der Waals surface area contributed by atoms with Gasteiger partial charge in [-0.1, -0.05) is 23.7 Å². The summed E-state index contributed by atoms with van der Waals surface area (Å²) in [6, 6.07) is 7.01. The van der Waals surface area contributed by atoms with Crippen LogP contribution in [0.5, 0.6) is 0 Å². The first-order valence-corrected chi connectivity index (χ1v) is 11.2. The number of ether oxygens (including phenoxy) is 2. The maximum Gasteiger partial charge on any atom is 0.416 e. The third-order valence-electron chi connectivity index (χ3n) is 4.63. The third-order valence-corrected chi connectivity index (χ3v) is 6.90. The number of alkyl halides is 3. The molecule has 0 bridgehead atoms. The Bertz CT molecular complexity index is 1200. The Labute approximate surface area is 192 Å². The van der Waals surface area contributed by atoms with E-state index in [0.29, 0.717) is 10.4 Å². The van der Waals surface area contributed by atoms with Crippen LogP contribution in [0.1, 0.15) is 22.3 Å². The van der Waals surface area contributed by atoms with Gasteiger partial charge in [0.25, 0.3) is 10.0 Å². The van der Waals surface area contributed by atoms with E-state index in [1.807, 2.05) is 0 Å². The molecule has 3 rings (SSSR count). The SMILES string of the molecule is C=CCN(c1cccc(C(F)(F)F)c1)S(=O)(=O)c1cc(C(=O)OC2CCOC2=O)ccc1Cl. The van der Waals surface area contributed by atoms with Crippen molar-refractivity contribution in [3.8, 4) is 0 Å². The molecule has 2 aromatic carbocycles. The molecule has 33 heavy (non-hydrogen) atoms. The number of cyclic esters (lactones) is 1. The highest BCUT2D eigenvalue weighted by atomic mass is 35.5. The van der Waals surface area contributed by atoms with Crippen LogP contribution in [0, 0.1) is 0 Å². The molecule has 0 amide bonds. The Kier molecular flexibility index (Phi) is 7.03. The van der Waals surface area contributed by atoms with Crippen molar-refractivity contribution in [2.24, 2.45) is 0 Å². The summed E-state index contributed by atoms with van der Waals surface area (Å²) in [6.45, 7) is 3.17. The lowest BCUT2D eigenvalue weighted by Gasteiger charge is -2.24. The Balaban J connectivity index is 2.00. The smallest absolute Gasteiger partial charge is 0.416 e. The van der Waals surface area contributed by atoms with Crippen molar-refractivity contribution in [2.45, 2.75) is 23.6 Å². The third kappa shape index (κ3) is 5.31. The van der Waals surface area contributed by atoms with Crippen molar-refractivity contribution < 1.29 is 40.7 Å². The molecule has 1 saturated heterocycles. The molecular formula is C21H17ClF3NO6S. The second kappa shape index (κ2) is 9.44. The van der Waals surface area contributed by atoms with E-state index in [1.54, 1.807) is 0 Å². The lowest BCUT2D eigenvalue weighted by atomic mass is 10.2. The number of rotatable bonds is 7. The van der Waals surface area contributed by atoms with Crippen LogP contribution in [0.4, 0.5) is 18.9 Å². The number of esters is 2. The molecule has 0 aliphatic carbocycles. The summed E-state index contributed by atoms with van der Waals surface area (Å²) in [6.07, 6.45) is -4.46. The maximum absolute atomic E-state index is 13.4. The van der Waals surface area contributed by atoms with Crippen LogP contribution >= 0.6 is 11.6 Å². The van der Waals surface area contributed by atoms with E-state index in [2.05, 4.69) is 6.58 Å². The van der Waals surface area contributed by atoms with Crippen LogP contribution in [-0.2, 0) is 30.5 Å². The number of hydrogen-bond acceptors (Lipinski definition) is 6. The molecule has 1 aliphatic heterocycles. The number of anilines is 1. The minimum atomic E-state index is -4.69. The van der Waals surface area contributed by atoms with Crippen LogP contribution in [0.2, 0.25) is 5.02 Å². The first-order valence-electron chi connectivity index (χ1n) is 9.43. The van der Waals surface area contributed by atoms with Crippen LogP contribution in [0.3, 0.4) is 0 Å². The number of carbonyl (C=O) groups is 2. The molecule has 2 aromatic rings. The monoisotopic (exact) mass is 503 g/mol. The van der Waals surface area contributed by atoms with Crippen molar-refractivity contribution in [3.63, 3.8) is 0 Å². The number of benzene rings is 2. The molecule has 1 heterocycles. The fourth-order valence-electron chi connectivity index (χ4n) is 3.03. The van der Waals surface area contributed by atoms with E-state index in [1.165, 1.54) is 18.2 Å². The molecule has 0 spiro atoms. The van der Waals surface area contributed by atoms with Gasteiger partial charge in [0.1, 0.15) is 4.90 Å². The number of nitrogens with zero attached hydrogens (tertiary/aromatic N) is 1. The zero-order chi connectivity index (χ0) is 24.4. The predicted molar refractivity (Wildman–Crippen MR) is 112 cm³/mol. The minimum absolute atomic E-state index is 0.0878. The van der Waals surface area contributed by atoms with Gasteiger partial charge in [-0.15, -0.1) is 6.58 Å². The molecule has 1 aliphatic rings. The van der Waals surface area contributed by atoms with Gasteiger partial charge in [-0.3, -0.25) is 4.31 Å². The highest BCUT2D eigenvalue weighted by molar-refractivity contribution is 7.93. The molecule has 1 unspecified atom stereocenters. The van der Waals surface area contributed by atoms with Gasteiger partial charge in [-0.25, -0.2) is 18.0 Å². The van der Waals surface area contributed by atoms with Crippen molar-refractivity contribution in [1.29, 1.82) is 0 Å². The van der Waals surface area contributed by atoms with E-state index in [9.17, 15) is 31.2 Å². The van der Waals surface area contributed by atoms with E-state index in [-0.39, 0.29) is 35.8 Å². The average molecular weight is 504 g/mol. The number of carbonyl (C=O) groups excluding carboxylic acids is 2. The summed E-state index contributed by atoms with van der Waals surface area (Å²) >= 11 is 6.08. The molecule has 0 radical (unpaired) electrons. The largest absolute Gasteiger partial charge is 0.463 e. The standard InChI is InChI=1S/C21H17ClF3NO6S/c1-2-9-26(15-5-3-4-14(12-15)21(23,24)25)33(29,30)18-11-13(6-7-16(18)22)19(27)32-17-8-10-31-20(17)28/h2-7,11-12,17H,1,8-10H2. The van der Waals surface area contributed by atoms with Crippen LogP contribution in [0.15, 0.2) is 60.0 Å². The normalized spacial score (nSPS) is 16.2. The first-order chi connectivity index (χ1) is 15.4. The molecule has 176 valence electrons. The molecule has 0 saturated carbocycles. The minimum Gasteiger partial charge on any atom is -0.463 e. The predicted octanol–water partition coefficient (Wildman–Crippen LogP) is 4.21. The van der Waals surface area contributed by atoms with Crippen molar-refractivity contribution in [3.05, 3.63) is 71.3 Å². The van der Waals surface area contributed by atoms with Crippen LogP contribution in [-0.4, -0.2) is 39.6 Å². The highest BCUT2D eigenvalue weighted by Gasteiger charge is 2.34. The van der Waals surface area contributed by atoms with E-state index >= 15 is 0 Å². The fourth-order valence-corrected chi connectivity index (χ4v) is 4.96. The van der Waals surface area contributed by atoms with Gasteiger partial charge in [0.05, 0.1) is 35.0 Å². The van der Waals surface area contributed by atoms with Gasteiger partial charge in [0, 0.05) is 6.42 Å². The van der Waals surface area contributed by atoms with Crippen molar-refractivity contribution >= 4 is 39.3 Å². The Morgan fingerprint density at radius 3 is 2.61 bits per heavy atom. The molecule has 12 heteroatoms. The van der Waals surface area contributed by atoms with Gasteiger partial charge in [-0.05, 0) is 36.4 Å². The number of halogens is 4. The quantitative estimate of drug-likeness (QED) is 0.415. The fraction of sp³-hybridized carbons (Fsp3) is 0.238. The Morgan fingerprint density at radius 1 is 1.27 bits per heavy atom. The summed E-state index contributed by atoms with van der Waals surface area (Å²) in [5.74, 6) is -1.70. The Hall–Kier alpha value is -3.05. The first kappa shape index (κ1) is 24.6.